The van der Waals surface area contributed by atoms with E-state index in [1.807, 2.05) is 0 Å². The molecule has 0 aromatic heterocycles. The molecule has 104 valence electrons. The Kier molecular flexibility index (Phi) is 3.80. The third kappa shape index (κ3) is 3.12. The Labute approximate surface area is 112 Å². The van der Waals surface area contributed by atoms with Gasteiger partial charge in [0, 0.05) is 24.2 Å². The maximum absolute atomic E-state index is 13.5. The van der Waals surface area contributed by atoms with Crippen molar-refractivity contribution in [2.45, 2.75) is 44.3 Å². The summed E-state index contributed by atoms with van der Waals surface area (Å²) in [5, 5.41) is 3.35. The van der Waals surface area contributed by atoms with Gasteiger partial charge in [0.05, 0.1) is 0 Å². The van der Waals surface area contributed by atoms with Crippen LogP contribution >= 0.6 is 0 Å². The topological polar surface area (TPSA) is 15.3 Å². The van der Waals surface area contributed by atoms with Gasteiger partial charge in [-0.25, -0.2) is 8.78 Å². The molecule has 0 unspecified atom stereocenters. The van der Waals surface area contributed by atoms with Crippen LogP contribution in [0.3, 0.4) is 0 Å². The summed E-state index contributed by atoms with van der Waals surface area (Å²) in [6.45, 7) is 2.68. The zero-order valence-electron chi connectivity index (χ0n) is 11.0. The molecule has 2 aliphatic rings. The molecule has 2 nitrogen and oxygen atoms in total. The third-order valence-corrected chi connectivity index (χ3v) is 4.21. The van der Waals surface area contributed by atoms with Gasteiger partial charge in [0.25, 0.3) is 0 Å². The van der Waals surface area contributed by atoms with Crippen molar-refractivity contribution >= 4 is 0 Å². The molecule has 1 saturated carbocycles. The van der Waals surface area contributed by atoms with Crippen molar-refractivity contribution in [3.05, 3.63) is 35.4 Å². The number of halogens is 2. The molecule has 19 heavy (non-hydrogen) atoms. The van der Waals surface area contributed by atoms with Crippen LogP contribution in [0.5, 0.6) is 0 Å². The van der Waals surface area contributed by atoms with Gasteiger partial charge < -0.3 is 10.2 Å². The highest BCUT2D eigenvalue weighted by Gasteiger charge is 2.31. The van der Waals surface area contributed by atoms with Crippen LogP contribution in [-0.2, 0) is 6.54 Å². The van der Waals surface area contributed by atoms with Crippen molar-refractivity contribution in [3.63, 3.8) is 0 Å². The third-order valence-electron chi connectivity index (χ3n) is 4.21. The zero-order valence-corrected chi connectivity index (χ0v) is 11.0. The van der Waals surface area contributed by atoms with E-state index >= 15 is 0 Å². The molecule has 0 bridgehead atoms. The van der Waals surface area contributed by atoms with Crippen molar-refractivity contribution in [1.29, 1.82) is 0 Å². The van der Waals surface area contributed by atoms with Gasteiger partial charge in [0.2, 0.25) is 0 Å². The molecule has 0 radical (unpaired) electrons. The fourth-order valence-electron chi connectivity index (χ4n) is 2.85. The van der Waals surface area contributed by atoms with E-state index in [9.17, 15) is 8.78 Å². The predicted octanol–water partition coefficient (Wildman–Crippen LogP) is 2.68. The lowest BCUT2D eigenvalue weighted by Gasteiger charge is -2.32. The Morgan fingerprint density at radius 1 is 1.11 bits per heavy atom. The Hall–Kier alpha value is -1.00. The zero-order chi connectivity index (χ0) is 13.2. The van der Waals surface area contributed by atoms with E-state index < -0.39 is 11.6 Å². The average Bonchev–Trinajstić information content (AvgIpc) is 3.26. The van der Waals surface area contributed by atoms with Gasteiger partial charge in [-0.05, 0) is 44.8 Å². The Morgan fingerprint density at radius 2 is 1.84 bits per heavy atom. The summed E-state index contributed by atoms with van der Waals surface area (Å²) in [5.41, 5.74) is 0.421. The second-order valence-electron chi connectivity index (χ2n) is 5.64. The van der Waals surface area contributed by atoms with Crippen LogP contribution in [0.15, 0.2) is 18.2 Å². The molecule has 1 aliphatic heterocycles. The molecule has 0 atom stereocenters. The molecule has 1 saturated heterocycles. The van der Waals surface area contributed by atoms with Gasteiger partial charge in [-0.2, -0.15) is 0 Å². The first-order chi connectivity index (χ1) is 9.24. The Bertz CT molecular complexity index is 438. The molecule has 1 N–H and O–H groups in total. The Morgan fingerprint density at radius 3 is 2.53 bits per heavy atom. The highest BCUT2D eigenvalue weighted by molar-refractivity contribution is 5.18. The molecule has 2 fully saturated rings. The van der Waals surface area contributed by atoms with Crippen LogP contribution < -0.4 is 5.32 Å². The normalized spacial score (nSPS) is 21.8. The maximum Gasteiger partial charge on any atom is 0.163 e. The predicted molar refractivity (Wildman–Crippen MR) is 70.8 cm³/mol. The van der Waals surface area contributed by atoms with Crippen molar-refractivity contribution in [2.75, 3.05) is 13.1 Å². The van der Waals surface area contributed by atoms with Crippen LogP contribution in [0.2, 0.25) is 0 Å². The fraction of sp³-hybridized carbons (Fsp3) is 0.600. The minimum Gasteiger partial charge on any atom is -0.310 e. The van der Waals surface area contributed by atoms with E-state index in [4.69, 9.17) is 0 Å². The molecule has 1 aromatic rings. The van der Waals surface area contributed by atoms with E-state index in [1.165, 1.54) is 12.8 Å². The number of likely N-dealkylation sites (tertiary alicyclic amines) is 1. The highest BCUT2D eigenvalue weighted by atomic mass is 19.2. The van der Waals surface area contributed by atoms with E-state index in [2.05, 4.69) is 10.2 Å². The van der Waals surface area contributed by atoms with Crippen LogP contribution in [0.4, 0.5) is 8.78 Å². The summed E-state index contributed by atoms with van der Waals surface area (Å²) >= 11 is 0. The summed E-state index contributed by atoms with van der Waals surface area (Å²) in [6.07, 6.45) is 4.92. The van der Waals surface area contributed by atoms with Gasteiger partial charge in [-0.1, -0.05) is 12.1 Å². The smallest absolute Gasteiger partial charge is 0.163 e. The Balaban J connectivity index is 1.48. The number of hydrogen-bond donors (Lipinski definition) is 1. The first-order valence-corrected chi connectivity index (χ1v) is 7.14. The van der Waals surface area contributed by atoms with Crippen LogP contribution in [0.1, 0.15) is 31.2 Å². The fourth-order valence-corrected chi connectivity index (χ4v) is 2.85. The maximum atomic E-state index is 13.5. The molecule has 1 aromatic carbocycles. The van der Waals surface area contributed by atoms with Crippen molar-refractivity contribution < 1.29 is 8.78 Å². The number of nitrogens with one attached hydrogen (secondary N) is 1. The largest absolute Gasteiger partial charge is 0.310 e. The van der Waals surface area contributed by atoms with E-state index in [0.717, 1.165) is 38.0 Å². The van der Waals surface area contributed by atoms with Gasteiger partial charge in [0.15, 0.2) is 11.6 Å². The number of benzene rings is 1. The average molecular weight is 266 g/mol. The molecular formula is C15H20F2N2. The quantitative estimate of drug-likeness (QED) is 0.901. The van der Waals surface area contributed by atoms with Gasteiger partial charge in [-0.15, -0.1) is 0 Å². The lowest BCUT2D eigenvalue weighted by molar-refractivity contribution is 0.189. The van der Waals surface area contributed by atoms with Crippen molar-refractivity contribution in [1.82, 2.24) is 10.2 Å². The molecule has 1 heterocycles. The standard InChI is InChI=1S/C15H20F2N2/c16-14-3-1-2-11(15(14)17)10-18-12-6-8-19(9-7-12)13-4-5-13/h1-3,12-13,18H,4-10H2. The minimum atomic E-state index is -0.761. The van der Waals surface area contributed by atoms with Crippen molar-refractivity contribution in [2.24, 2.45) is 0 Å². The van der Waals surface area contributed by atoms with Gasteiger partial charge >= 0.3 is 0 Å². The van der Waals surface area contributed by atoms with E-state index in [1.54, 1.807) is 12.1 Å². The van der Waals surface area contributed by atoms with Crippen LogP contribution in [0.25, 0.3) is 0 Å². The lowest BCUT2D eigenvalue weighted by Crippen LogP contribution is -2.43. The minimum absolute atomic E-state index is 0.414. The molecule has 0 spiro atoms. The second kappa shape index (κ2) is 5.55. The van der Waals surface area contributed by atoms with E-state index in [0.29, 0.717) is 18.2 Å². The summed E-state index contributed by atoms with van der Waals surface area (Å²) in [4.78, 5) is 2.56. The van der Waals surface area contributed by atoms with Gasteiger partial charge in [0.1, 0.15) is 0 Å². The van der Waals surface area contributed by atoms with Gasteiger partial charge in [-0.3, -0.25) is 0 Å². The number of rotatable bonds is 4. The molecule has 1 aliphatic carbocycles. The molecule has 4 heteroatoms. The van der Waals surface area contributed by atoms with E-state index in [-0.39, 0.29) is 0 Å². The first kappa shape index (κ1) is 13.0. The summed E-state index contributed by atoms with van der Waals surface area (Å²) in [7, 11) is 0. The monoisotopic (exact) mass is 266 g/mol. The van der Waals surface area contributed by atoms with Crippen LogP contribution in [-0.4, -0.2) is 30.1 Å². The van der Waals surface area contributed by atoms with Crippen molar-refractivity contribution in [3.8, 4) is 0 Å². The molecule has 0 amide bonds. The number of nitrogens with zero attached hydrogens (tertiary/aromatic N) is 1. The first-order valence-electron chi connectivity index (χ1n) is 7.14. The number of piperidine rings is 1. The summed E-state index contributed by atoms with van der Waals surface area (Å²) < 4.78 is 26.6. The van der Waals surface area contributed by atoms with Crippen LogP contribution in [0, 0.1) is 11.6 Å². The number of hydrogen-bond acceptors (Lipinski definition) is 2. The molecule has 3 rings (SSSR count). The summed E-state index contributed by atoms with van der Waals surface area (Å²) in [5.74, 6) is -1.48. The molecular weight excluding hydrogens is 246 g/mol. The second-order valence-corrected chi connectivity index (χ2v) is 5.64. The SMILES string of the molecule is Fc1cccc(CNC2CCN(C3CC3)CC2)c1F. The summed E-state index contributed by atoms with van der Waals surface area (Å²) in [6, 6.07) is 5.63. The lowest BCUT2D eigenvalue weighted by atomic mass is 10.0. The highest BCUT2D eigenvalue weighted by Crippen LogP contribution is 2.29.